The predicted octanol–water partition coefficient (Wildman–Crippen LogP) is 4.31. The number of halogens is 1. The minimum Gasteiger partial charge on any atom is -0.337 e. The molecule has 0 fully saturated rings. The average molecular weight is 326 g/mol. The molecule has 0 radical (unpaired) electrons. The summed E-state index contributed by atoms with van der Waals surface area (Å²) in [5.74, 6) is 0. The second-order valence-electron chi connectivity index (χ2n) is 5.50. The molecule has 3 aromatic rings. The highest BCUT2D eigenvalue weighted by Crippen LogP contribution is 2.23. The maximum Gasteiger partial charge on any atom is 0.0945 e. The zero-order chi connectivity index (χ0) is 15.9. The van der Waals surface area contributed by atoms with E-state index in [1.54, 1.807) is 0 Å². The Balaban J connectivity index is 1.67. The smallest absolute Gasteiger partial charge is 0.0945 e. The van der Waals surface area contributed by atoms with Gasteiger partial charge in [-0.15, -0.1) is 0 Å². The van der Waals surface area contributed by atoms with Crippen LogP contribution in [0, 0.1) is 0 Å². The fourth-order valence-corrected chi connectivity index (χ4v) is 2.78. The van der Waals surface area contributed by atoms with Crippen LogP contribution in [0.2, 0.25) is 5.02 Å². The number of hydrogen-bond acceptors (Lipinski definition) is 2. The Morgan fingerprint density at radius 2 is 1.74 bits per heavy atom. The van der Waals surface area contributed by atoms with E-state index in [1.807, 2.05) is 36.9 Å². The van der Waals surface area contributed by atoms with Crippen LogP contribution in [-0.4, -0.2) is 16.1 Å². The molecule has 4 heteroatoms. The van der Waals surface area contributed by atoms with E-state index in [0.717, 1.165) is 24.5 Å². The number of aryl methyl sites for hydroxylation is 1. The van der Waals surface area contributed by atoms with Crippen molar-refractivity contribution in [3.63, 3.8) is 0 Å². The SMILES string of the molecule is Clc1ccc(C(NCCCn2ccnc2)c2ccccc2)cc1. The van der Waals surface area contributed by atoms with E-state index >= 15 is 0 Å². The molecule has 3 nitrogen and oxygen atoms in total. The second kappa shape index (κ2) is 7.95. The largest absolute Gasteiger partial charge is 0.337 e. The Morgan fingerprint density at radius 1 is 1.00 bits per heavy atom. The number of benzene rings is 2. The Morgan fingerprint density at radius 3 is 2.43 bits per heavy atom. The van der Waals surface area contributed by atoms with E-state index in [1.165, 1.54) is 11.1 Å². The van der Waals surface area contributed by atoms with Crippen LogP contribution in [0.5, 0.6) is 0 Å². The molecule has 2 aromatic carbocycles. The number of nitrogens with one attached hydrogen (secondary N) is 1. The number of imidazole rings is 1. The third-order valence-corrected chi connectivity index (χ3v) is 4.09. The number of nitrogens with zero attached hydrogens (tertiary/aromatic N) is 2. The monoisotopic (exact) mass is 325 g/mol. The van der Waals surface area contributed by atoms with Crippen LogP contribution in [0.25, 0.3) is 0 Å². The summed E-state index contributed by atoms with van der Waals surface area (Å²) in [7, 11) is 0. The van der Waals surface area contributed by atoms with Crippen molar-refractivity contribution >= 4 is 11.6 Å². The van der Waals surface area contributed by atoms with E-state index < -0.39 is 0 Å². The molecule has 0 saturated carbocycles. The molecule has 23 heavy (non-hydrogen) atoms. The lowest BCUT2D eigenvalue weighted by Crippen LogP contribution is -2.24. The fourth-order valence-electron chi connectivity index (χ4n) is 2.66. The van der Waals surface area contributed by atoms with E-state index in [-0.39, 0.29) is 6.04 Å². The topological polar surface area (TPSA) is 29.9 Å². The van der Waals surface area contributed by atoms with Gasteiger partial charge in [0.1, 0.15) is 0 Å². The zero-order valence-corrected chi connectivity index (χ0v) is 13.7. The number of rotatable bonds is 7. The Labute approximate surface area is 141 Å². The molecule has 1 heterocycles. The van der Waals surface area contributed by atoms with Crippen molar-refractivity contribution in [1.29, 1.82) is 0 Å². The maximum absolute atomic E-state index is 6.02. The second-order valence-corrected chi connectivity index (χ2v) is 5.94. The Hall–Kier alpha value is -2.10. The number of hydrogen-bond donors (Lipinski definition) is 1. The van der Waals surface area contributed by atoms with Crippen molar-refractivity contribution in [2.75, 3.05) is 6.54 Å². The van der Waals surface area contributed by atoms with Crippen molar-refractivity contribution in [2.45, 2.75) is 19.0 Å². The van der Waals surface area contributed by atoms with Gasteiger partial charge < -0.3 is 9.88 Å². The van der Waals surface area contributed by atoms with Gasteiger partial charge in [-0.1, -0.05) is 54.1 Å². The molecule has 1 unspecified atom stereocenters. The molecule has 1 N–H and O–H groups in total. The third kappa shape index (κ3) is 4.44. The summed E-state index contributed by atoms with van der Waals surface area (Å²) in [6.45, 7) is 1.90. The van der Waals surface area contributed by atoms with E-state index in [2.05, 4.69) is 51.3 Å². The van der Waals surface area contributed by atoms with Gasteiger partial charge in [-0.3, -0.25) is 0 Å². The molecule has 0 bridgehead atoms. The van der Waals surface area contributed by atoms with Crippen LogP contribution in [0.15, 0.2) is 73.3 Å². The van der Waals surface area contributed by atoms with Gasteiger partial charge in [-0.05, 0) is 36.2 Å². The van der Waals surface area contributed by atoms with Gasteiger partial charge in [-0.25, -0.2) is 4.98 Å². The Bertz CT molecular complexity index is 693. The van der Waals surface area contributed by atoms with Gasteiger partial charge >= 0.3 is 0 Å². The molecule has 1 atom stereocenters. The van der Waals surface area contributed by atoms with E-state index in [0.29, 0.717) is 0 Å². The molecule has 118 valence electrons. The quantitative estimate of drug-likeness (QED) is 0.656. The van der Waals surface area contributed by atoms with Crippen LogP contribution in [-0.2, 0) is 6.54 Å². The molecule has 0 amide bonds. The van der Waals surface area contributed by atoms with Crippen molar-refractivity contribution in [3.8, 4) is 0 Å². The van der Waals surface area contributed by atoms with Gasteiger partial charge in [0.05, 0.1) is 12.4 Å². The highest BCUT2D eigenvalue weighted by Gasteiger charge is 2.12. The molecular weight excluding hydrogens is 306 g/mol. The van der Waals surface area contributed by atoms with Crippen LogP contribution >= 0.6 is 11.6 Å². The highest BCUT2D eigenvalue weighted by atomic mass is 35.5. The van der Waals surface area contributed by atoms with E-state index in [4.69, 9.17) is 11.6 Å². The summed E-state index contributed by atoms with van der Waals surface area (Å²) in [6.07, 6.45) is 6.71. The normalized spacial score (nSPS) is 12.2. The number of aromatic nitrogens is 2. The minimum atomic E-state index is 0.177. The summed E-state index contributed by atoms with van der Waals surface area (Å²) < 4.78 is 2.10. The molecule has 1 aromatic heterocycles. The van der Waals surface area contributed by atoms with Crippen molar-refractivity contribution in [2.24, 2.45) is 0 Å². The van der Waals surface area contributed by atoms with Gasteiger partial charge in [0.15, 0.2) is 0 Å². The molecule has 0 aliphatic rings. The lowest BCUT2D eigenvalue weighted by Gasteiger charge is -2.20. The highest BCUT2D eigenvalue weighted by molar-refractivity contribution is 6.30. The standard InChI is InChI=1S/C19H20ClN3/c20-18-9-7-17(8-10-18)19(16-5-2-1-3-6-16)22-11-4-13-23-14-12-21-15-23/h1-3,5-10,12,14-15,19,22H,4,11,13H2. The van der Waals surface area contributed by atoms with Gasteiger partial charge in [0.2, 0.25) is 0 Å². The summed E-state index contributed by atoms with van der Waals surface area (Å²) in [5, 5.41) is 4.42. The molecule has 3 rings (SSSR count). The maximum atomic E-state index is 6.02. The minimum absolute atomic E-state index is 0.177. The van der Waals surface area contributed by atoms with Crippen LogP contribution < -0.4 is 5.32 Å². The van der Waals surface area contributed by atoms with Crippen LogP contribution in [0.1, 0.15) is 23.6 Å². The van der Waals surface area contributed by atoms with Crippen LogP contribution in [0.3, 0.4) is 0 Å². The van der Waals surface area contributed by atoms with Crippen molar-refractivity contribution < 1.29 is 0 Å². The van der Waals surface area contributed by atoms with Gasteiger partial charge in [0, 0.05) is 24.0 Å². The lowest BCUT2D eigenvalue weighted by molar-refractivity contribution is 0.544. The fraction of sp³-hybridized carbons (Fsp3) is 0.211. The van der Waals surface area contributed by atoms with Crippen molar-refractivity contribution in [3.05, 3.63) is 89.5 Å². The predicted molar refractivity (Wildman–Crippen MR) is 94.6 cm³/mol. The summed E-state index contributed by atoms with van der Waals surface area (Å²) in [6, 6.07) is 18.7. The zero-order valence-electron chi connectivity index (χ0n) is 12.9. The van der Waals surface area contributed by atoms with Crippen molar-refractivity contribution in [1.82, 2.24) is 14.9 Å². The van der Waals surface area contributed by atoms with Crippen LogP contribution in [0.4, 0.5) is 0 Å². The first-order valence-electron chi connectivity index (χ1n) is 7.82. The van der Waals surface area contributed by atoms with Gasteiger partial charge in [-0.2, -0.15) is 0 Å². The molecule has 0 aliphatic carbocycles. The first-order valence-corrected chi connectivity index (χ1v) is 8.20. The summed E-state index contributed by atoms with van der Waals surface area (Å²) in [5.41, 5.74) is 2.49. The van der Waals surface area contributed by atoms with Gasteiger partial charge in [0.25, 0.3) is 0 Å². The molecule has 0 aliphatic heterocycles. The molecule has 0 saturated heterocycles. The average Bonchev–Trinajstić information content (AvgIpc) is 3.10. The third-order valence-electron chi connectivity index (χ3n) is 3.84. The Kier molecular flexibility index (Phi) is 5.46. The van der Waals surface area contributed by atoms with E-state index in [9.17, 15) is 0 Å². The molecular formula is C19H20ClN3. The summed E-state index contributed by atoms with van der Waals surface area (Å²) >= 11 is 6.02. The summed E-state index contributed by atoms with van der Waals surface area (Å²) in [4.78, 5) is 4.07. The first-order chi connectivity index (χ1) is 11.3. The first kappa shape index (κ1) is 15.8. The lowest BCUT2D eigenvalue weighted by atomic mass is 9.98. The molecule has 0 spiro atoms.